The fourth-order valence-electron chi connectivity index (χ4n) is 6.50. The molecule has 28 heavy (non-hydrogen) atoms. The lowest BCUT2D eigenvalue weighted by atomic mass is 9.61. The summed E-state index contributed by atoms with van der Waals surface area (Å²) in [5, 5.41) is 0. The van der Waals surface area contributed by atoms with E-state index in [-0.39, 0.29) is 11.2 Å². The minimum absolute atomic E-state index is 0.250. The smallest absolute Gasteiger partial charge is 0.149 e. The Hall–Kier alpha value is -1.61. The summed E-state index contributed by atoms with van der Waals surface area (Å²) in [6.07, 6.45) is 11.6. The van der Waals surface area contributed by atoms with Gasteiger partial charge in [0.05, 0.1) is 6.54 Å². The van der Waals surface area contributed by atoms with Crippen LogP contribution in [0.3, 0.4) is 0 Å². The summed E-state index contributed by atoms with van der Waals surface area (Å²) in [7, 11) is 0. The van der Waals surface area contributed by atoms with E-state index in [9.17, 15) is 4.79 Å². The molecule has 2 heterocycles. The highest BCUT2D eigenvalue weighted by Gasteiger charge is 2.46. The first-order valence-electron chi connectivity index (χ1n) is 11.3. The van der Waals surface area contributed by atoms with Crippen molar-refractivity contribution >= 4 is 11.5 Å². The molecule has 0 amide bonds. The van der Waals surface area contributed by atoms with Crippen LogP contribution in [0.5, 0.6) is 0 Å². The Morgan fingerprint density at radius 3 is 2.82 bits per heavy atom. The second-order valence-corrected chi connectivity index (χ2v) is 10.00. The van der Waals surface area contributed by atoms with E-state index in [1.54, 1.807) is 6.92 Å². The van der Waals surface area contributed by atoms with Gasteiger partial charge in [-0.05, 0) is 88.4 Å². The molecule has 1 aromatic carbocycles. The van der Waals surface area contributed by atoms with Crippen LogP contribution in [0, 0.1) is 24.7 Å². The maximum atomic E-state index is 11.8. The van der Waals surface area contributed by atoms with Crippen LogP contribution < -0.4 is 4.90 Å². The number of aryl methyl sites for hydroxylation is 1. The molecule has 1 aromatic rings. The van der Waals surface area contributed by atoms with Gasteiger partial charge < -0.3 is 9.80 Å². The zero-order valence-electron chi connectivity index (χ0n) is 17.5. The van der Waals surface area contributed by atoms with Crippen molar-refractivity contribution in [2.45, 2.75) is 51.4 Å². The number of likely N-dealkylation sites (tertiary alicyclic amines) is 1. The second-order valence-electron chi connectivity index (χ2n) is 10.00. The van der Waals surface area contributed by atoms with Gasteiger partial charge >= 0.3 is 0 Å². The fourth-order valence-corrected chi connectivity index (χ4v) is 6.50. The van der Waals surface area contributed by atoms with Crippen molar-refractivity contribution in [3.8, 4) is 0 Å². The van der Waals surface area contributed by atoms with E-state index in [1.165, 1.54) is 68.6 Å². The summed E-state index contributed by atoms with van der Waals surface area (Å²) in [6, 6.07) is 6.85. The van der Waals surface area contributed by atoms with Crippen molar-refractivity contribution in [3.05, 3.63) is 41.5 Å². The summed E-state index contributed by atoms with van der Waals surface area (Å²) in [5.74, 6) is 3.01. The first kappa shape index (κ1) is 18.4. The predicted molar refractivity (Wildman–Crippen MR) is 115 cm³/mol. The molecular weight excluding hydrogens is 344 g/mol. The molecule has 150 valence electrons. The van der Waals surface area contributed by atoms with Crippen molar-refractivity contribution < 1.29 is 4.79 Å². The lowest BCUT2D eigenvalue weighted by Crippen LogP contribution is -2.50. The lowest BCUT2D eigenvalue weighted by Gasteiger charge is -2.49. The van der Waals surface area contributed by atoms with Crippen molar-refractivity contribution in [1.29, 1.82) is 0 Å². The minimum Gasteiger partial charge on any atom is -0.363 e. The Bertz CT molecular complexity index is 790. The highest BCUT2D eigenvalue weighted by molar-refractivity contribution is 5.82. The zero-order chi connectivity index (χ0) is 19.3. The molecule has 0 N–H and O–H groups in total. The number of anilines is 1. The quantitative estimate of drug-likeness (QED) is 0.728. The Morgan fingerprint density at radius 2 is 2.07 bits per heavy atom. The molecule has 0 radical (unpaired) electrons. The standard InChI is InChI=1S/C25H34N2O/c1-18-7-8-24-23(13-18)25(17-27(24)15-19(2)28)9-11-26(12-10-25)16-21-14-20-5-3-4-6-22(20)21/h4,6-8,13,20-22H,3,5,9-12,14-17H2,1-2H3/t20?,21-,22-/m0/s1. The lowest BCUT2D eigenvalue weighted by molar-refractivity contribution is -0.115. The number of carbonyl (C=O) groups is 1. The molecule has 1 saturated heterocycles. The third-order valence-corrected chi connectivity index (χ3v) is 8.03. The van der Waals surface area contributed by atoms with Crippen molar-refractivity contribution in [3.63, 3.8) is 0 Å². The number of allylic oxidation sites excluding steroid dienone is 2. The molecule has 4 aliphatic rings. The van der Waals surface area contributed by atoms with Crippen LogP contribution in [0.15, 0.2) is 30.4 Å². The number of benzene rings is 1. The SMILES string of the molecule is CC(=O)CN1CC2(CCN(C[C@@H]3CC4CCC=C[C@@H]43)CC2)c2cc(C)ccc21. The maximum Gasteiger partial charge on any atom is 0.149 e. The van der Waals surface area contributed by atoms with E-state index < -0.39 is 0 Å². The van der Waals surface area contributed by atoms with Crippen LogP contribution in [0.25, 0.3) is 0 Å². The highest BCUT2D eigenvalue weighted by Crippen LogP contribution is 2.49. The number of hydrogen-bond acceptors (Lipinski definition) is 3. The minimum atomic E-state index is 0.250. The van der Waals surface area contributed by atoms with Crippen molar-refractivity contribution in [2.75, 3.05) is 37.6 Å². The molecule has 1 unspecified atom stereocenters. The number of nitrogens with zero attached hydrogens (tertiary/aromatic N) is 2. The van der Waals surface area contributed by atoms with Crippen LogP contribution in [0.4, 0.5) is 5.69 Å². The van der Waals surface area contributed by atoms with Crippen molar-refractivity contribution in [2.24, 2.45) is 17.8 Å². The monoisotopic (exact) mass is 378 g/mol. The highest BCUT2D eigenvalue weighted by atomic mass is 16.1. The van der Waals surface area contributed by atoms with Gasteiger partial charge in [-0.1, -0.05) is 29.8 Å². The largest absolute Gasteiger partial charge is 0.363 e. The van der Waals surface area contributed by atoms with Gasteiger partial charge in [-0.25, -0.2) is 0 Å². The third-order valence-electron chi connectivity index (χ3n) is 8.03. The van der Waals surface area contributed by atoms with E-state index in [0.29, 0.717) is 6.54 Å². The van der Waals surface area contributed by atoms with Gasteiger partial charge in [-0.2, -0.15) is 0 Å². The van der Waals surface area contributed by atoms with E-state index in [2.05, 4.69) is 47.1 Å². The summed E-state index contributed by atoms with van der Waals surface area (Å²) < 4.78 is 0. The van der Waals surface area contributed by atoms with E-state index in [0.717, 1.165) is 24.3 Å². The Kier molecular flexibility index (Phi) is 4.62. The number of piperidine rings is 1. The first-order chi connectivity index (χ1) is 13.5. The van der Waals surface area contributed by atoms with Gasteiger partial charge in [0, 0.05) is 24.2 Å². The second kappa shape index (κ2) is 7.02. The predicted octanol–water partition coefficient (Wildman–Crippen LogP) is 4.34. The van der Waals surface area contributed by atoms with E-state index in [1.807, 2.05) is 0 Å². The average molecular weight is 379 g/mol. The van der Waals surface area contributed by atoms with Crippen molar-refractivity contribution in [1.82, 2.24) is 4.90 Å². The topological polar surface area (TPSA) is 23.6 Å². The zero-order valence-corrected chi connectivity index (χ0v) is 17.5. The number of rotatable bonds is 4. The number of ketones is 1. The summed E-state index contributed by atoms with van der Waals surface area (Å²) in [5.41, 5.74) is 4.41. The third kappa shape index (κ3) is 3.12. The molecule has 1 spiro atoms. The van der Waals surface area contributed by atoms with Gasteiger partial charge in [0.2, 0.25) is 0 Å². The Labute approximate surface area is 169 Å². The average Bonchev–Trinajstić information content (AvgIpc) is 2.93. The van der Waals surface area contributed by atoms with Crippen LogP contribution >= 0.6 is 0 Å². The molecule has 1 saturated carbocycles. The molecule has 0 bridgehead atoms. The van der Waals surface area contributed by atoms with Gasteiger partial charge in [0.25, 0.3) is 0 Å². The molecule has 3 nitrogen and oxygen atoms in total. The van der Waals surface area contributed by atoms with E-state index >= 15 is 0 Å². The fraction of sp³-hybridized carbons (Fsp3) is 0.640. The number of carbonyl (C=O) groups excluding carboxylic acids is 1. The molecular formula is C25H34N2O. The van der Waals surface area contributed by atoms with Crippen LogP contribution in [-0.4, -0.2) is 43.4 Å². The molecule has 2 fully saturated rings. The Morgan fingerprint density at radius 1 is 1.25 bits per heavy atom. The maximum absolute atomic E-state index is 11.8. The molecule has 5 rings (SSSR count). The van der Waals surface area contributed by atoms with E-state index in [4.69, 9.17) is 0 Å². The molecule has 0 aromatic heterocycles. The molecule has 3 atom stereocenters. The van der Waals surface area contributed by atoms with Gasteiger partial charge in [-0.3, -0.25) is 4.79 Å². The summed E-state index contributed by atoms with van der Waals surface area (Å²) >= 11 is 0. The number of fused-ring (bicyclic) bond motifs is 3. The van der Waals surface area contributed by atoms with Crippen LogP contribution in [-0.2, 0) is 10.2 Å². The molecule has 3 heteroatoms. The summed E-state index contributed by atoms with van der Waals surface area (Å²) in [6.45, 7) is 9.20. The van der Waals surface area contributed by atoms with Gasteiger partial charge in [0.15, 0.2) is 0 Å². The number of hydrogen-bond donors (Lipinski definition) is 0. The Balaban J connectivity index is 1.28. The van der Waals surface area contributed by atoms with Gasteiger partial charge in [-0.15, -0.1) is 0 Å². The first-order valence-corrected chi connectivity index (χ1v) is 11.3. The normalized spacial score (nSPS) is 30.8. The van der Waals surface area contributed by atoms with Crippen LogP contribution in [0.2, 0.25) is 0 Å². The van der Waals surface area contributed by atoms with Crippen LogP contribution in [0.1, 0.15) is 50.2 Å². The number of Topliss-reactive ketones (excluding diaryl/α,β-unsaturated/α-hetero) is 1. The van der Waals surface area contributed by atoms with Gasteiger partial charge in [0.1, 0.15) is 5.78 Å². The molecule has 2 aliphatic carbocycles. The summed E-state index contributed by atoms with van der Waals surface area (Å²) in [4.78, 5) is 16.9. The molecule has 2 aliphatic heterocycles.